The van der Waals surface area contributed by atoms with Crippen molar-refractivity contribution in [2.75, 3.05) is 7.11 Å². The predicted octanol–water partition coefficient (Wildman–Crippen LogP) is 4.62. The maximum Gasteiger partial charge on any atom is 0.280 e. The maximum atomic E-state index is 13.6. The minimum atomic E-state index is -0.160. The van der Waals surface area contributed by atoms with Crippen LogP contribution >= 0.6 is 0 Å². The van der Waals surface area contributed by atoms with Crippen LogP contribution in [0.1, 0.15) is 18.1 Å². The number of nitrogens with one attached hydrogen (secondary N) is 1. The summed E-state index contributed by atoms with van der Waals surface area (Å²) in [4.78, 5) is 18.3. The monoisotopic (exact) mass is 464 g/mol. The molecular formula is C27H24N6O2. The van der Waals surface area contributed by atoms with Gasteiger partial charge in [-0.05, 0) is 61.0 Å². The summed E-state index contributed by atoms with van der Waals surface area (Å²) >= 11 is 0. The molecule has 3 aromatic carbocycles. The Morgan fingerprint density at radius 1 is 0.943 bits per heavy atom. The summed E-state index contributed by atoms with van der Waals surface area (Å²) < 4.78 is 8.74. The van der Waals surface area contributed by atoms with Crippen molar-refractivity contribution < 1.29 is 4.74 Å². The Morgan fingerprint density at radius 3 is 2.29 bits per heavy atom. The lowest BCUT2D eigenvalue weighted by Gasteiger charge is -2.06. The van der Waals surface area contributed by atoms with Crippen LogP contribution in [0.3, 0.4) is 0 Å². The first-order valence-corrected chi connectivity index (χ1v) is 11.1. The molecule has 8 nitrogen and oxygen atoms in total. The molecule has 5 aromatic rings. The second-order valence-electron chi connectivity index (χ2n) is 8.06. The first kappa shape index (κ1) is 22.1. The Balaban J connectivity index is 1.54. The van der Waals surface area contributed by atoms with E-state index in [2.05, 4.69) is 15.3 Å². The van der Waals surface area contributed by atoms with Gasteiger partial charge in [0.1, 0.15) is 18.4 Å². The van der Waals surface area contributed by atoms with Crippen LogP contribution in [0, 0.1) is 0 Å². The minimum absolute atomic E-state index is 0.160. The average Bonchev–Trinajstić information content (AvgIpc) is 3.53. The summed E-state index contributed by atoms with van der Waals surface area (Å²) in [6, 6.07) is 25.0. The summed E-state index contributed by atoms with van der Waals surface area (Å²) in [6.07, 6.45) is 3.36. The van der Waals surface area contributed by atoms with Crippen LogP contribution in [0.15, 0.2) is 101 Å². The van der Waals surface area contributed by atoms with Crippen molar-refractivity contribution >= 4 is 11.4 Å². The first-order valence-electron chi connectivity index (χ1n) is 11.1. The molecule has 2 heterocycles. The lowest BCUT2D eigenvalue weighted by atomic mass is 10.0. The number of ether oxygens (including phenoxy) is 1. The summed E-state index contributed by atoms with van der Waals surface area (Å²) in [5.74, 6) is 0.747. The number of hydrogen-bond acceptors (Lipinski definition) is 5. The molecule has 0 radical (unpaired) electrons. The zero-order valence-electron chi connectivity index (χ0n) is 19.4. The lowest BCUT2D eigenvalue weighted by Crippen LogP contribution is -2.19. The second kappa shape index (κ2) is 9.64. The molecule has 0 spiro atoms. The van der Waals surface area contributed by atoms with E-state index in [1.54, 1.807) is 24.4 Å². The summed E-state index contributed by atoms with van der Waals surface area (Å²) in [5.41, 5.74) is 5.18. The predicted molar refractivity (Wildman–Crippen MR) is 136 cm³/mol. The highest BCUT2D eigenvalue weighted by molar-refractivity contribution is 6.04. The van der Waals surface area contributed by atoms with E-state index in [0.717, 1.165) is 28.3 Å². The van der Waals surface area contributed by atoms with Gasteiger partial charge >= 0.3 is 0 Å². The van der Waals surface area contributed by atoms with Crippen LogP contribution in [-0.2, 0) is 6.54 Å². The fourth-order valence-corrected chi connectivity index (χ4v) is 3.94. The van der Waals surface area contributed by atoms with Crippen molar-refractivity contribution in [3.63, 3.8) is 0 Å². The molecule has 174 valence electrons. The highest BCUT2D eigenvalue weighted by atomic mass is 16.5. The van der Waals surface area contributed by atoms with E-state index >= 15 is 0 Å². The lowest BCUT2D eigenvalue weighted by molar-refractivity contribution is 0.415. The molecule has 2 aromatic heterocycles. The third-order valence-corrected chi connectivity index (χ3v) is 5.71. The number of hydrogen-bond donors (Lipinski definition) is 1. The molecule has 0 bridgehead atoms. The molecule has 0 aliphatic carbocycles. The van der Waals surface area contributed by atoms with Crippen LogP contribution in [0.5, 0.6) is 5.75 Å². The molecule has 35 heavy (non-hydrogen) atoms. The van der Waals surface area contributed by atoms with Crippen molar-refractivity contribution in [2.45, 2.75) is 13.5 Å². The number of methoxy groups -OCH3 is 1. The van der Waals surface area contributed by atoms with E-state index in [4.69, 9.17) is 9.73 Å². The van der Waals surface area contributed by atoms with Gasteiger partial charge in [0.2, 0.25) is 0 Å². The zero-order valence-corrected chi connectivity index (χ0v) is 19.4. The number of aromatic nitrogens is 5. The molecule has 0 unspecified atom stereocenters. The Kier molecular flexibility index (Phi) is 6.09. The van der Waals surface area contributed by atoms with E-state index in [1.807, 2.05) is 90.4 Å². The number of aliphatic imine (C=N–C) groups is 1. The van der Waals surface area contributed by atoms with Crippen LogP contribution in [-0.4, -0.2) is 37.4 Å². The summed E-state index contributed by atoms with van der Waals surface area (Å²) in [5, 5.41) is 11.0. The van der Waals surface area contributed by atoms with E-state index in [9.17, 15) is 4.79 Å². The number of para-hydroxylation sites is 1. The largest absolute Gasteiger partial charge is 0.497 e. The van der Waals surface area contributed by atoms with Crippen LogP contribution in [0.4, 0.5) is 5.69 Å². The van der Waals surface area contributed by atoms with Gasteiger partial charge in [-0.2, -0.15) is 0 Å². The van der Waals surface area contributed by atoms with Crippen LogP contribution in [0.2, 0.25) is 0 Å². The number of benzene rings is 3. The van der Waals surface area contributed by atoms with E-state index in [-0.39, 0.29) is 5.56 Å². The molecule has 0 saturated carbocycles. The Morgan fingerprint density at radius 2 is 1.63 bits per heavy atom. The molecule has 0 amide bonds. The molecule has 0 saturated heterocycles. The summed E-state index contributed by atoms with van der Waals surface area (Å²) in [7, 11) is 1.63. The topological polar surface area (TPSA) is 90.1 Å². The Bertz CT molecular complexity index is 1500. The van der Waals surface area contributed by atoms with Gasteiger partial charge in [-0.3, -0.25) is 14.9 Å². The van der Waals surface area contributed by atoms with Crippen LogP contribution in [0.25, 0.3) is 16.9 Å². The van der Waals surface area contributed by atoms with E-state index < -0.39 is 0 Å². The number of H-pyrrole nitrogens is 1. The highest BCUT2D eigenvalue weighted by Crippen LogP contribution is 2.25. The van der Waals surface area contributed by atoms with Gasteiger partial charge in [-0.1, -0.05) is 30.3 Å². The first-order chi connectivity index (χ1) is 17.1. The van der Waals surface area contributed by atoms with Gasteiger partial charge in [0.15, 0.2) is 0 Å². The SMILES string of the molecule is COc1ccc(-c2[nH]n(-c3ccccc3)c(=O)c2C(C)=Nc2ccc(Cn3cnnc3)cc2)cc1. The molecule has 0 fully saturated rings. The average molecular weight is 465 g/mol. The third kappa shape index (κ3) is 4.67. The van der Waals surface area contributed by atoms with Gasteiger partial charge in [0, 0.05) is 12.1 Å². The third-order valence-electron chi connectivity index (χ3n) is 5.71. The molecule has 8 heteroatoms. The quantitative estimate of drug-likeness (QED) is 0.356. The standard InChI is InChI=1S/C27H24N6O2/c1-19(30-22-12-8-20(9-13-22)16-32-17-28-29-18-32)25-26(21-10-14-24(35-2)15-11-21)31-33(27(25)34)23-6-4-3-5-7-23/h3-15,17-18,31H,16H2,1-2H3. The fraction of sp³-hybridized carbons (Fsp3) is 0.111. The van der Waals surface area contributed by atoms with Gasteiger partial charge in [0.25, 0.3) is 5.56 Å². The van der Waals surface area contributed by atoms with Gasteiger partial charge < -0.3 is 9.30 Å². The Hall–Kier alpha value is -4.72. The molecule has 1 N–H and O–H groups in total. The van der Waals surface area contributed by atoms with Gasteiger partial charge in [-0.25, -0.2) is 4.68 Å². The van der Waals surface area contributed by atoms with Crippen molar-refractivity contribution in [3.8, 4) is 22.7 Å². The van der Waals surface area contributed by atoms with E-state index in [0.29, 0.717) is 23.5 Å². The maximum absolute atomic E-state index is 13.6. The van der Waals surface area contributed by atoms with Crippen molar-refractivity contribution in [1.29, 1.82) is 0 Å². The number of nitrogens with zero attached hydrogens (tertiary/aromatic N) is 5. The molecule has 5 rings (SSSR count). The van der Waals surface area contributed by atoms with E-state index in [1.165, 1.54) is 0 Å². The minimum Gasteiger partial charge on any atom is -0.497 e. The normalized spacial score (nSPS) is 11.5. The highest BCUT2D eigenvalue weighted by Gasteiger charge is 2.19. The fourth-order valence-electron chi connectivity index (χ4n) is 3.94. The van der Waals surface area contributed by atoms with Gasteiger partial charge in [0.05, 0.1) is 35.5 Å². The van der Waals surface area contributed by atoms with Gasteiger partial charge in [-0.15, -0.1) is 10.2 Å². The molecule has 0 atom stereocenters. The smallest absolute Gasteiger partial charge is 0.280 e. The zero-order chi connectivity index (χ0) is 24.2. The molecular weight excluding hydrogens is 440 g/mol. The van der Waals surface area contributed by atoms with Crippen molar-refractivity contribution in [1.82, 2.24) is 24.5 Å². The summed E-state index contributed by atoms with van der Waals surface area (Å²) in [6.45, 7) is 2.54. The van der Waals surface area contributed by atoms with Crippen molar-refractivity contribution in [3.05, 3.63) is 113 Å². The van der Waals surface area contributed by atoms with Crippen LogP contribution < -0.4 is 10.3 Å². The number of rotatable bonds is 7. The number of aromatic amines is 1. The molecule has 0 aliphatic rings. The molecule has 0 aliphatic heterocycles. The Labute approximate surface area is 202 Å². The second-order valence-corrected chi connectivity index (χ2v) is 8.06. The van der Waals surface area contributed by atoms with Crippen molar-refractivity contribution in [2.24, 2.45) is 4.99 Å².